The zero-order chi connectivity index (χ0) is 73.2. The average Bonchev–Trinajstić information content (AvgIpc) is 1.74. The van der Waals surface area contributed by atoms with Gasteiger partial charge in [0.2, 0.25) is 41.4 Å². The number of carbonyl (C=O) groups is 11. The first-order valence-electron chi connectivity index (χ1n) is 33.5. The first kappa shape index (κ1) is 72.4. The van der Waals surface area contributed by atoms with Gasteiger partial charge >= 0.3 is 12.1 Å². The van der Waals surface area contributed by atoms with Gasteiger partial charge in [0.05, 0.1) is 60.3 Å². The summed E-state index contributed by atoms with van der Waals surface area (Å²) >= 11 is 0. The Morgan fingerprint density at radius 3 is 1.16 bits per heavy atom. The minimum atomic E-state index is -1.83. The van der Waals surface area contributed by atoms with Crippen molar-refractivity contribution >= 4 is 109 Å². The molecule has 2 aliphatic heterocycles. The highest BCUT2D eigenvalue weighted by Crippen LogP contribution is 2.28. The summed E-state index contributed by atoms with van der Waals surface area (Å²) in [6.45, 7) is 0. The van der Waals surface area contributed by atoms with E-state index in [-0.39, 0.29) is 62.8 Å². The molecule has 0 saturated carbocycles. The van der Waals surface area contributed by atoms with Gasteiger partial charge in [0.25, 0.3) is 11.8 Å². The van der Waals surface area contributed by atoms with Gasteiger partial charge in [-0.15, -0.1) is 0 Å². The lowest BCUT2D eigenvalue weighted by Crippen LogP contribution is -2.62. The second-order valence-corrected chi connectivity index (χ2v) is 27.5. The van der Waals surface area contributed by atoms with Gasteiger partial charge in [-0.25, -0.2) is 29.5 Å². The Hall–Kier alpha value is -12.4. The van der Waals surface area contributed by atoms with Crippen LogP contribution in [0.3, 0.4) is 0 Å². The van der Waals surface area contributed by atoms with Crippen LogP contribution in [0.1, 0.15) is 45.0 Å². The maximum absolute atomic E-state index is 15.6. The van der Waals surface area contributed by atoms with Gasteiger partial charge in [-0.05, 0) is 40.8 Å². The number of hydrogen-bond acceptors (Lipinski definition) is 18. The number of amides is 13. The molecule has 1 unspecified atom stereocenters. The van der Waals surface area contributed by atoms with E-state index in [0.29, 0.717) is 60.9 Å². The van der Waals surface area contributed by atoms with Crippen molar-refractivity contribution in [3.8, 4) is 0 Å². The Bertz CT molecular complexity index is 4670. The van der Waals surface area contributed by atoms with Crippen LogP contribution in [0.25, 0.3) is 21.8 Å². The maximum Gasteiger partial charge on any atom is 0.322 e. The fourth-order valence-corrected chi connectivity index (χ4v) is 14.5. The third kappa shape index (κ3) is 19.6. The largest absolute Gasteiger partial charge is 0.361 e. The molecule has 105 heavy (non-hydrogen) atoms. The molecule has 2 aliphatic rings. The fourth-order valence-electron chi connectivity index (χ4n) is 12.2. The number of nitrogens with one attached hydrogen (secondary N) is 18. The number of aromatic nitrogens is 10. The van der Waals surface area contributed by atoms with E-state index in [2.05, 4.69) is 114 Å². The molecule has 10 aromatic rings. The number of rotatable bonds is 16. The number of imide groups is 2. The SMILES string of the molecule is O=C1NC(=O)[C@@H]2CSSC(NC(=O)[C@H](Cc3c[nH]c4ccccc34)N[C@H](Cc3c[nH]cn3)NC(=O)[C@@H](Cc3ccccc3)NC(=O)[C@H](Cc3c[nH]cn3)N1)C(=O)NC(=O)N[C@@H](Cc1c[nH]cn1)C(=O)N[C@H](Cc1ccccc1)C(=O)N[C@@H](Cc1c[nH]cn1)C(=O)N[C@@H](Cc1c[nH]c3ccccc13)C(=O)N2. The van der Waals surface area contributed by atoms with Crippen molar-refractivity contribution in [3.63, 3.8) is 0 Å². The lowest BCUT2D eigenvalue weighted by molar-refractivity contribution is -0.134. The van der Waals surface area contributed by atoms with Crippen LogP contribution >= 0.6 is 21.6 Å². The van der Waals surface area contributed by atoms with E-state index < -0.39 is 131 Å². The quantitative estimate of drug-likeness (QED) is 0.0596. The number of hydrogen-bond donors (Lipinski definition) is 18. The Kier molecular flexibility index (Phi) is 23.8. The highest BCUT2D eigenvalue weighted by Gasteiger charge is 2.38. The summed E-state index contributed by atoms with van der Waals surface area (Å²) in [7, 11) is 1.34. The summed E-state index contributed by atoms with van der Waals surface area (Å²) in [6, 6.07) is 16.9. The molecule has 8 heterocycles. The van der Waals surface area contributed by atoms with Crippen LogP contribution in [0.2, 0.25) is 0 Å². The summed E-state index contributed by atoms with van der Waals surface area (Å²) < 4.78 is 0. The molecule has 6 aromatic heterocycles. The zero-order valence-corrected chi connectivity index (χ0v) is 57.5. The normalized spacial score (nSPS) is 22.7. The van der Waals surface area contributed by atoms with E-state index in [9.17, 15) is 19.2 Å². The first-order valence-corrected chi connectivity index (χ1v) is 35.9. The van der Waals surface area contributed by atoms with Crippen LogP contribution in [0, 0.1) is 0 Å². The molecule has 13 amide bonds. The van der Waals surface area contributed by atoms with Crippen molar-refractivity contribution < 1.29 is 52.7 Å². The van der Waals surface area contributed by atoms with Crippen LogP contribution in [0.15, 0.2) is 172 Å². The summed E-state index contributed by atoms with van der Waals surface area (Å²) in [5.41, 5.74) is 4.95. The smallest absolute Gasteiger partial charge is 0.322 e. The average molecular weight is 1460 g/mol. The van der Waals surface area contributed by atoms with Crippen molar-refractivity contribution in [2.45, 2.75) is 111 Å². The van der Waals surface area contributed by atoms with Gasteiger partial charge in [-0.2, -0.15) is 0 Å². The van der Waals surface area contributed by atoms with Gasteiger partial charge in [-0.3, -0.25) is 59.1 Å². The molecule has 12 rings (SSSR count). The summed E-state index contributed by atoms with van der Waals surface area (Å²) in [6.07, 6.45) is 12.0. The molecule has 2 fully saturated rings. The van der Waals surface area contributed by atoms with Gasteiger partial charge in [0.15, 0.2) is 5.37 Å². The number of H-pyrrole nitrogens is 6. The lowest BCUT2D eigenvalue weighted by Gasteiger charge is -2.30. The predicted molar refractivity (Wildman–Crippen MR) is 385 cm³/mol. The molecule has 35 heteroatoms. The number of carbonyl (C=O) groups excluding carboxylic acids is 11. The van der Waals surface area contributed by atoms with Crippen LogP contribution in [-0.2, 0) is 94.5 Å². The Morgan fingerprint density at radius 2 is 0.705 bits per heavy atom. The molecule has 18 N–H and O–H groups in total. The highest BCUT2D eigenvalue weighted by atomic mass is 33.1. The van der Waals surface area contributed by atoms with Crippen LogP contribution in [-0.4, -0.2) is 181 Å². The molecule has 2 saturated heterocycles. The topological polar surface area (TPSA) is 478 Å². The first-order chi connectivity index (χ1) is 51.0. The molecular formula is C70H74N22O11S2. The second kappa shape index (κ2) is 34.5. The number of para-hydroxylation sites is 2. The minimum Gasteiger partial charge on any atom is -0.361 e. The molecular weight excluding hydrogens is 1390 g/mol. The Morgan fingerprint density at radius 1 is 0.333 bits per heavy atom. The molecule has 542 valence electrons. The highest BCUT2D eigenvalue weighted by molar-refractivity contribution is 8.77. The standard InChI is InChI=1S/C70H74N22O11S2/c93-59-50(19-38-11-3-1-4-12-38)82-62(96)56(25-44-31-73-36-79-44)88-70(103)92-67(101)68-90-65(99)52(21-40-27-75-48-17-9-7-15-46(40)48)81-58(26-45-32-74-37-80-45)89-64(98)51(20-39-13-5-2-6-14-39)83-63(97)55(24-43-30-72-35-78-43)87-69(102)91-66(100)57(33-104-105-68)86-60(94)53(22-41-28-76-49-18-10-8-16-47(41)49)84-61(95)54(85-59)23-42-29-71-34-77-42/h1-18,27-32,34-37,50-58,68,75-76,81H,19-26,33H2,(H,71,77)(H,72,78)(H,73,79)(H,74,80)(H,82,96)(H,83,97)(H,84,95)(H,85,93)(H,86,94)(H,89,98)(H,90,99)(H2,87,91,100,102)(H2,88,92,101,103)/t50-,51-,52+,53+,54+,55+,56+,57+,58+,68?/m1/s1. The van der Waals surface area contributed by atoms with Crippen molar-refractivity contribution in [1.29, 1.82) is 0 Å². The molecule has 0 radical (unpaired) electrons. The van der Waals surface area contributed by atoms with Gasteiger partial charge in [-0.1, -0.05) is 119 Å². The van der Waals surface area contributed by atoms with E-state index in [1.165, 1.54) is 43.9 Å². The molecule has 2 bridgehead atoms. The third-order valence-corrected chi connectivity index (χ3v) is 20.0. The van der Waals surface area contributed by atoms with E-state index in [0.717, 1.165) is 16.2 Å². The van der Waals surface area contributed by atoms with Crippen LogP contribution in [0.4, 0.5) is 9.59 Å². The molecule has 4 aromatic carbocycles. The summed E-state index contributed by atoms with van der Waals surface area (Å²) in [5.74, 6) is -9.22. The monoisotopic (exact) mass is 1460 g/mol. The molecule has 0 aliphatic carbocycles. The third-order valence-electron chi connectivity index (χ3n) is 17.5. The van der Waals surface area contributed by atoms with Gasteiger partial charge < -0.3 is 77.8 Å². The predicted octanol–water partition coefficient (Wildman–Crippen LogP) is 0.847. The number of nitrogens with zero attached hydrogens (tertiary/aromatic N) is 4. The van der Waals surface area contributed by atoms with Crippen molar-refractivity contribution in [1.82, 2.24) is 114 Å². The number of fused-ring (bicyclic) bond motifs is 6. The minimum absolute atomic E-state index is 0.0824. The van der Waals surface area contributed by atoms with E-state index >= 15 is 33.6 Å². The van der Waals surface area contributed by atoms with Crippen molar-refractivity contribution in [2.24, 2.45) is 0 Å². The number of imidazole rings is 4. The molecule has 33 nitrogen and oxygen atoms in total. The van der Waals surface area contributed by atoms with Crippen LogP contribution < -0.4 is 63.8 Å². The van der Waals surface area contributed by atoms with E-state index in [4.69, 9.17) is 0 Å². The Balaban J connectivity index is 0.963. The fraction of sp³-hybridized carbons (Fsp3) is 0.271. The van der Waals surface area contributed by atoms with Crippen LogP contribution in [0.5, 0.6) is 0 Å². The number of urea groups is 2. The van der Waals surface area contributed by atoms with Gasteiger partial charge in [0.1, 0.15) is 42.3 Å². The lowest BCUT2D eigenvalue weighted by atomic mass is 10.0. The van der Waals surface area contributed by atoms with E-state index in [1.807, 2.05) is 24.3 Å². The number of aromatic amines is 6. The van der Waals surface area contributed by atoms with Crippen molar-refractivity contribution in [2.75, 3.05) is 5.75 Å². The maximum atomic E-state index is 15.6. The van der Waals surface area contributed by atoms with Gasteiger partial charge in [0, 0.05) is 110 Å². The molecule has 0 spiro atoms. The molecule has 10 atom stereocenters. The zero-order valence-electron chi connectivity index (χ0n) is 55.9. The summed E-state index contributed by atoms with van der Waals surface area (Å²) in [5, 5.41) is 32.0. The van der Waals surface area contributed by atoms with E-state index in [1.54, 1.807) is 104 Å². The second-order valence-electron chi connectivity index (χ2n) is 25.0. The van der Waals surface area contributed by atoms with Crippen molar-refractivity contribution in [3.05, 3.63) is 217 Å². The Labute approximate surface area is 605 Å². The summed E-state index contributed by atoms with van der Waals surface area (Å²) in [4.78, 5) is 201. The number of benzene rings is 4.